The highest BCUT2D eigenvalue weighted by Crippen LogP contribution is 2.31. The number of benzene rings is 2. The fraction of sp³-hybridized carbons (Fsp3) is 0.391. The number of quaternary nitrogens is 1. The summed E-state index contributed by atoms with van der Waals surface area (Å²) in [6.07, 6.45) is 0.728. The molecule has 5 nitrogen and oxygen atoms in total. The van der Waals surface area contributed by atoms with Crippen LogP contribution in [0.15, 0.2) is 48.5 Å². The van der Waals surface area contributed by atoms with Gasteiger partial charge in [-0.15, -0.1) is 0 Å². The number of nitrogens with zero attached hydrogens (tertiary/aromatic N) is 2. The van der Waals surface area contributed by atoms with E-state index in [0.717, 1.165) is 28.8 Å². The van der Waals surface area contributed by atoms with E-state index in [4.69, 9.17) is 4.74 Å². The fourth-order valence-corrected chi connectivity index (χ4v) is 3.99. The maximum atomic E-state index is 13.2. The number of ether oxygens (including phenoxy) is 1. The second kappa shape index (κ2) is 8.15. The Morgan fingerprint density at radius 3 is 2.36 bits per heavy atom. The second-order valence-corrected chi connectivity index (χ2v) is 8.12. The Labute approximate surface area is 167 Å². The SMILES string of the molecule is Cc1cccc(C)c1N1CCC([N+](C)(C)CC(=O)OCc2ccccc2)C1=O. The van der Waals surface area contributed by atoms with E-state index in [1.54, 1.807) is 0 Å². The second-order valence-electron chi connectivity index (χ2n) is 8.12. The van der Waals surface area contributed by atoms with E-state index >= 15 is 0 Å². The van der Waals surface area contributed by atoms with E-state index in [0.29, 0.717) is 11.0 Å². The first-order valence-electron chi connectivity index (χ1n) is 9.69. The predicted molar refractivity (Wildman–Crippen MR) is 110 cm³/mol. The number of rotatable bonds is 6. The Bertz CT molecular complexity index is 841. The van der Waals surface area contributed by atoms with E-state index in [9.17, 15) is 9.59 Å². The molecule has 0 aromatic heterocycles. The van der Waals surface area contributed by atoms with Crippen LogP contribution in [0.2, 0.25) is 0 Å². The number of hydrogen-bond acceptors (Lipinski definition) is 3. The van der Waals surface area contributed by atoms with Gasteiger partial charge in [-0.1, -0.05) is 48.5 Å². The van der Waals surface area contributed by atoms with E-state index in [-0.39, 0.29) is 31.1 Å². The highest BCUT2D eigenvalue weighted by Gasteiger charge is 2.45. The van der Waals surface area contributed by atoms with E-state index in [1.165, 1.54) is 0 Å². The van der Waals surface area contributed by atoms with Crippen LogP contribution in [0.3, 0.4) is 0 Å². The number of aryl methyl sites for hydroxylation is 2. The Balaban J connectivity index is 1.65. The van der Waals surface area contributed by atoms with Crippen molar-refractivity contribution in [2.45, 2.75) is 32.9 Å². The van der Waals surface area contributed by atoms with Gasteiger partial charge in [0.1, 0.15) is 6.61 Å². The van der Waals surface area contributed by atoms with Crippen LogP contribution in [0.5, 0.6) is 0 Å². The molecule has 1 saturated heterocycles. The van der Waals surface area contributed by atoms with Gasteiger partial charge in [0, 0.05) is 18.7 Å². The predicted octanol–water partition coefficient (Wildman–Crippen LogP) is 3.23. The number of hydrogen-bond donors (Lipinski definition) is 0. The molecule has 1 amide bonds. The number of anilines is 1. The maximum absolute atomic E-state index is 13.2. The molecule has 0 radical (unpaired) electrons. The van der Waals surface area contributed by atoms with Gasteiger partial charge in [-0.2, -0.15) is 0 Å². The number of esters is 1. The zero-order valence-corrected chi connectivity index (χ0v) is 17.1. The third kappa shape index (κ3) is 4.25. The standard InChI is InChI=1S/C23H29N2O3/c1-17-9-8-10-18(2)22(17)24-14-13-20(23(24)27)25(3,4)15-21(26)28-16-19-11-6-5-7-12-19/h5-12,20H,13-16H2,1-4H3/q+1. The molecule has 1 fully saturated rings. The molecule has 0 spiro atoms. The Morgan fingerprint density at radius 2 is 1.71 bits per heavy atom. The molecule has 2 aromatic carbocycles. The van der Waals surface area contributed by atoms with Crippen LogP contribution in [-0.4, -0.2) is 49.6 Å². The van der Waals surface area contributed by atoms with E-state index < -0.39 is 0 Å². The summed E-state index contributed by atoms with van der Waals surface area (Å²) in [5, 5.41) is 0. The van der Waals surface area contributed by atoms with Crippen molar-refractivity contribution in [3.8, 4) is 0 Å². The molecule has 0 saturated carbocycles. The van der Waals surface area contributed by atoms with Gasteiger partial charge in [-0.3, -0.25) is 4.79 Å². The summed E-state index contributed by atoms with van der Waals surface area (Å²) in [5.74, 6) is -0.203. The van der Waals surface area contributed by atoms with Crippen molar-refractivity contribution < 1.29 is 18.8 Å². The lowest BCUT2D eigenvalue weighted by Crippen LogP contribution is -2.55. The smallest absolute Gasteiger partial charge is 0.362 e. The first-order chi connectivity index (χ1) is 13.3. The average molecular weight is 381 g/mol. The van der Waals surface area contributed by atoms with Gasteiger partial charge in [-0.25, -0.2) is 4.79 Å². The number of likely N-dealkylation sites (N-methyl/N-ethyl adjacent to an activating group) is 1. The molecule has 3 rings (SSSR count). The lowest BCUT2D eigenvalue weighted by Gasteiger charge is -2.34. The monoisotopic (exact) mass is 381 g/mol. The van der Waals surface area contributed by atoms with Crippen molar-refractivity contribution >= 4 is 17.6 Å². The first-order valence-corrected chi connectivity index (χ1v) is 9.69. The zero-order chi connectivity index (χ0) is 20.3. The Hall–Kier alpha value is -2.66. The molecule has 148 valence electrons. The molecule has 1 atom stereocenters. The van der Waals surface area contributed by atoms with Gasteiger partial charge in [0.05, 0.1) is 14.1 Å². The van der Waals surface area contributed by atoms with Gasteiger partial charge in [-0.05, 0) is 30.5 Å². The Kier molecular flexibility index (Phi) is 5.84. The quantitative estimate of drug-likeness (QED) is 0.570. The van der Waals surface area contributed by atoms with Crippen molar-refractivity contribution in [1.29, 1.82) is 0 Å². The van der Waals surface area contributed by atoms with Gasteiger partial charge in [0.25, 0.3) is 5.91 Å². The third-order valence-corrected chi connectivity index (χ3v) is 5.51. The van der Waals surface area contributed by atoms with Crippen molar-refractivity contribution in [3.05, 3.63) is 65.2 Å². The topological polar surface area (TPSA) is 46.6 Å². The van der Waals surface area contributed by atoms with Crippen LogP contribution < -0.4 is 4.90 Å². The molecule has 1 heterocycles. The van der Waals surface area contributed by atoms with Crippen molar-refractivity contribution in [1.82, 2.24) is 0 Å². The Morgan fingerprint density at radius 1 is 1.07 bits per heavy atom. The summed E-state index contributed by atoms with van der Waals surface area (Å²) in [4.78, 5) is 27.4. The highest BCUT2D eigenvalue weighted by atomic mass is 16.5. The fourth-order valence-electron chi connectivity index (χ4n) is 3.99. The summed E-state index contributed by atoms with van der Waals surface area (Å²) in [7, 11) is 3.86. The summed E-state index contributed by atoms with van der Waals surface area (Å²) in [6, 6.07) is 15.4. The largest absolute Gasteiger partial charge is 0.457 e. The van der Waals surface area contributed by atoms with E-state index in [1.807, 2.05) is 81.4 Å². The minimum absolute atomic E-state index is 0.0817. The van der Waals surface area contributed by atoms with Crippen LogP contribution in [0.4, 0.5) is 5.69 Å². The highest BCUT2D eigenvalue weighted by molar-refractivity contribution is 6.00. The van der Waals surface area contributed by atoms with Crippen LogP contribution >= 0.6 is 0 Å². The zero-order valence-electron chi connectivity index (χ0n) is 17.1. The van der Waals surface area contributed by atoms with Gasteiger partial charge >= 0.3 is 5.97 Å². The summed E-state index contributed by atoms with van der Waals surface area (Å²) >= 11 is 0. The van der Waals surface area contributed by atoms with Gasteiger partial charge in [0.15, 0.2) is 12.6 Å². The average Bonchev–Trinajstić information content (AvgIpc) is 3.03. The molecular formula is C23H29N2O3+. The first kappa shape index (κ1) is 20.1. The normalized spacial score (nSPS) is 17.1. The minimum atomic E-state index is -0.285. The van der Waals surface area contributed by atoms with Crippen LogP contribution in [0.1, 0.15) is 23.1 Å². The molecule has 0 N–H and O–H groups in total. The molecule has 2 aromatic rings. The summed E-state index contributed by atoms with van der Waals surface area (Å²) in [6.45, 7) is 5.17. The van der Waals surface area contributed by atoms with Crippen LogP contribution in [-0.2, 0) is 20.9 Å². The number of carbonyl (C=O) groups excluding carboxylic acids is 2. The maximum Gasteiger partial charge on any atom is 0.362 e. The molecule has 0 bridgehead atoms. The van der Waals surface area contributed by atoms with Gasteiger partial charge in [0.2, 0.25) is 0 Å². The molecule has 0 aliphatic carbocycles. The third-order valence-electron chi connectivity index (χ3n) is 5.51. The molecular weight excluding hydrogens is 352 g/mol. The van der Waals surface area contributed by atoms with Crippen molar-refractivity contribution in [2.75, 3.05) is 32.1 Å². The van der Waals surface area contributed by atoms with E-state index in [2.05, 4.69) is 0 Å². The molecule has 1 aliphatic rings. The summed E-state index contributed by atoms with van der Waals surface area (Å²) < 4.78 is 5.73. The minimum Gasteiger partial charge on any atom is -0.457 e. The van der Waals surface area contributed by atoms with Crippen LogP contribution in [0.25, 0.3) is 0 Å². The lowest BCUT2D eigenvalue weighted by atomic mass is 10.1. The van der Waals surface area contributed by atoms with Crippen LogP contribution in [0, 0.1) is 13.8 Å². The van der Waals surface area contributed by atoms with Crippen molar-refractivity contribution in [3.63, 3.8) is 0 Å². The van der Waals surface area contributed by atoms with Crippen molar-refractivity contribution in [2.24, 2.45) is 0 Å². The van der Waals surface area contributed by atoms with Gasteiger partial charge < -0.3 is 14.1 Å². The number of amides is 1. The molecule has 1 unspecified atom stereocenters. The molecule has 5 heteroatoms. The molecule has 28 heavy (non-hydrogen) atoms. The number of carbonyl (C=O) groups is 2. The number of para-hydroxylation sites is 1. The summed E-state index contributed by atoms with van der Waals surface area (Å²) in [5.41, 5.74) is 4.16. The lowest BCUT2D eigenvalue weighted by molar-refractivity contribution is -0.898. The molecule has 1 aliphatic heterocycles.